The molecule has 1 aliphatic rings. The molecule has 126 valence electrons. The maximum absolute atomic E-state index is 12.9. The molecule has 3 rings (SSSR count). The highest BCUT2D eigenvalue weighted by molar-refractivity contribution is 5.92. The quantitative estimate of drug-likeness (QED) is 0.867. The summed E-state index contributed by atoms with van der Waals surface area (Å²) in [4.78, 5) is 28.2. The molecule has 6 nitrogen and oxygen atoms in total. The lowest BCUT2D eigenvalue weighted by atomic mass is 10.0. The van der Waals surface area contributed by atoms with Crippen molar-refractivity contribution in [2.24, 2.45) is 0 Å². The molecule has 1 atom stereocenters. The topological polar surface area (TPSA) is 66.7 Å². The maximum atomic E-state index is 12.9. The Morgan fingerprint density at radius 3 is 2.62 bits per heavy atom. The van der Waals surface area contributed by atoms with Gasteiger partial charge in [-0.3, -0.25) is 9.59 Å². The normalized spacial score (nSPS) is 17.8. The molecule has 1 aromatic carbocycles. The van der Waals surface area contributed by atoms with Gasteiger partial charge in [-0.15, -0.1) is 0 Å². The summed E-state index contributed by atoms with van der Waals surface area (Å²) in [5.74, 6) is 0.560. The van der Waals surface area contributed by atoms with Gasteiger partial charge in [0.1, 0.15) is 5.76 Å². The van der Waals surface area contributed by atoms with Crippen molar-refractivity contribution in [2.45, 2.75) is 26.3 Å². The van der Waals surface area contributed by atoms with Gasteiger partial charge in [-0.2, -0.15) is 0 Å². The van der Waals surface area contributed by atoms with Crippen LogP contribution in [0, 0.1) is 0 Å². The van der Waals surface area contributed by atoms with Gasteiger partial charge in [0.2, 0.25) is 5.91 Å². The first-order chi connectivity index (χ1) is 11.6. The number of amides is 2. The number of hydrogen-bond acceptors (Lipinski definition) is 4. The molecule has 0 radical (unpaired) electrons. The molecule has 1 saturated heterocycles. The smallest absolute Gasteiger partial charge is 0.276 e. The van der Waals surface area contributed by atoms with Gasteiger partial charge in [-0.05, 0) is 5.56 Å². The molecule has 2 aromatic rings. The molecule has 0 N–H and O–H groups in total. The number of rotatable bonds is 3. The van der Waals surface area contributed by atoms with Gasteiger partial charge in [0.25, 0.3) is 5.91 Å². The van der Waals surface area contributed by atoms with Crippen LogP contribution in [0.3, 0.4) is 0 Å². The first-order valence-electron chi connectivity index (χ1n) is 8.17. The number of aromatic nitrogens is 1. The summed E-state index contributed by atoms with van der Waals surface area (Å²) in [5, 5.41) is 3.90. The van der Waals surface area contributed by atoms with Gasteiger partial charge in [-0.25, -0.2) is 0 Å². The number of carbonyl (C=O) groups is 2. The molecule has 24 heavy (non-hydrogen) atoms. The van der Waals surface area contributed by atoms with Gasteiger partial charge in [0.15, 0.2) is 5.69 Å². The van der Waals surface area contributed by atoms with Crippen molar-refractivity contribution in [3.05, 3.63) is 53.4 Å². The van der Waals surface area contributed by atoms with Crippen molar-refractivity contribution < 1.29 is 14.1 Å². The fourth-order valence-electron chi connectivity index (χ4n) is 3.00. The molecule has 1 aromatic heterocycles. The molecule has 2 heterocycles. The van der Waals surface area contributed by atoms with E-state index in [0.717, 1.165) is 5.56 Å². The lowest BCUT2D eigenvalue weighted by molar-refractivity contribution is -0.131. The first-order valence-corrected chi connectivity index (χ1v) is 8.17. The molecular formula is C18H21N3O3. The summed E-state index contributed by atoms with van der Waals surface area (Å²) < 4.78 is 5.16. The molecule has 1 fully saturated rings. The van der Waals surface area contributed by atoms with Gasteiger partial charge in [0.05, 0.1) is 6.04 Å². The Hall–Kier alpha value is -2.63. The lowest BCUT2D eigenvalue weighted by Gasteiger charge is -2.41. The number of piperazine rings is 1. The minimum atomic E-state index is -0.182. The Balaban J connectivity index is 1.89. The van der Waals surface area contributed by atoms with Crippen LogP contribution in [0.4, 0.5) is 0 Å². The van der Waals surface area contributed by atoms with Crippen LogP contribution in [0.25, 0.3) is 0 Å². The van der Waals surface area contributed by atoms with Gasteiger partial charge in [-0.1, -0.05) is 42.4 Å². The Bertz CT molecular complexity index is 726. The summed E-state index contributed by atoms with van der Waals surface area (Å²) >= 11 is 0. The van der Waals surface area contributed by atoms with Crippen LogP contribution in [0.1, 0.15) is 41.7 Å². The van der Waals surface area contributed by atoms with Crippen molar-refractivity contribution in [2.75, 3.05) is 19.6 Å². The molecule has 0 unspecified atom stereocenters. The molecule has 0 aliphatic carbocycles. The van der Waals surface area contributed by atoms with E-state index in [4.69, 9.17) is 4.52 Å². The van der Waals surface area contributed by atoms with Crippen molar-refractivity contribution in [1.29, 1.82) is 0 Å². The zero-order chi connectivity index (χ0) is 17.1. The highest BCUT2D eigenvalue weighted by Crippen LogP contribution is 2.27. The van der Waals surface area contributed by atoms with Crippen molar-refractivity contribution in [1.82, 2.24) is 15.0 Å². The zero-order valence-electron chi connectivity index (χ0n) is 13.9. The van der Waals surface area contributed by atoms with E-state index in [1.54, 1.807) is 22.8 Å². The molecular weight excluding hydrogens is 306 g/mol. The summed E-state index contributed by atoms with van der Waals surface area (Å²) in [6.07, 6.45) is 0.695. The van der Waals surface area contributed by atoms with E-state index in [0.29, 0.717) is 37.5 Å². The number of aryl methyl sites for hydroxylation is 1. The van der Waals surface area contributed by atoms with E-state index in [1.165, 1.54) is 0 Å². The summed E-state index contributed by atoms with van der Waals surface area (Å²) in [6, 6.07) is 11.3. The molecule has 2 amide bonds. The third-order valence-electron chi connectivity index (χ3n) is 4.40. The average Bonchev–Trinajstić information content (AvgIpc) is 3.10. The van der Waals surface area contributed by atoms with E-state index >= 15 is 0 Å². The molecule has 0 spiro atoms. The van der Waals surface area contributed by atoms with Crippen LogP contribution in [0.2, 0.25) is 0 Å². The van der Waals surface area contributed by atoms with Crippen molar-refractivity contribution in [3.8, 4) is 0 Å². The summed E-state index contributed by atoms with van der Waals surface area (Å²) in [7, 11) is 0. The fraction of sp³-hybridized carbons (Fsp3) is 0.389. The third-order valence-corrected chi connectivity index (χ3v) is 4.40. The Morgan fingerprint density at radius 2 is 2.00 bits per heavy atom. The second kappa shape index (κ2) is 6.86. The van der Waals surface area contributed by atoms with Crippen LogP contribution < -0.4 is 0 Å². The molecule has 1 aliphatic heterocycles. The minimum absolute atomic E-state index is 0.0257. The minimum Gasteiger partial charge on any atom is -0.361 e. The fourth-order valence-corrected chi connectivity index (χ4v) is 3.00. The SMILES string of the molecule is CCc1cc(C(=O)N2CCN(C(C)=O)C[C@H]2c2ccccc2)no1. The van der Waals surface area contributed by atoms with Crippen LogP contribution in [-0.4, -0.2) is 46.4 Å². The molecule has 6 heteroatoms. The van der Waals surface area contributed by atoms with E-state index in [-0.39, 0.29) is 17.9 Å². The summed E-state index contributed by atoms with van der Waals surface area (Å²) in [5.41, 5.74) is 1.33. The van der Waals surface area contributed by atoms with Gasteiger partial charge < -0.3 is 14.3 Å². The second-order valence-electron chi connectivity index (χ2n) is 5.92. The Labute approximate surface area is 141 Å². The average molecular weight is 327 g/mol. The second-order valence-corrected chi connectivity index (χ2v) is 5.92. The monoisotopic (exact) mass is 327 g/mol. The number of nitrogens with zero attached hydrogens (tertiary/aromatic N) is 3. The predicted octanol–water partition coefficient (Wildman–Crippen LogP) is 2.28. The number of hydrogen-bond donors (Lipinski definition) is 0. The zero-order valence-corrected chi connectivity index (χ0v) is 13.9. The van der Waals surface area contributed by atoms with E-state index in [1.807, 2.05) is 37.3 Å². The number of carbonyl (C=O) groups excluding carboxylic acids is 2. The van der Waals surface area contributed by atoms with E-state index in [9.17, 15) is 9.59 Å². The number of benzene rings is 1. The van der Waals surface area contributed by atoms with Crippen LogP contribution in [-0.2, 0) is 11.2 Å². The van der Waals surface area contributed by atoms with Gasteiger partial charge >= 0.3 is 0 Å². The van der Waals surface area contributed by atoms with Crippen LogP contribution in [0.15, 0.2) is 40.9 Å². The van der Waals surface area contributed by atoms with E-state index in [2.05, 4.69) is 5.16 Å². The summed E-state index contributed by atoms with van der Waals surface area (Å²) in [6.45, 7) is 5.01. The van der Waals surface area contributed by atoms with Crippen molar-refractivity contribution in [3.63, 3.8) is 0 Å². The highest BCUT2D eigenvalue weighted by Gasteiger charge is 2.34. The Kier molecular flexibility index (Phi) is 4.64. The molecule has 0 bridgehead atoms. The van der Waals surface area contributed by atoms with Crippen molar-refractivity contribution >= 4 is 11.8 Å². The largest absolute Gasteiger partial charge is 0.361 e. The lowest BCUT2D eigenvalue weighted by Crippen LogP contribution is -2.51. The Morgan fingerprint density at radius 1 is 1.25 bits per heavy atom. The molecule has 0 saturated carbocycles. The highest BCUT2D eigenvalue weighted by atomic mass is 16.5. The van der Waals surface area contributed by atoms with Crippen LogP contribution in [0.5, 0.6) is 0 Å². The van der Waals surface area contributed by atoms with E-state index < -0.39 is 0 Å². The third kappa shape index (κ3) is 3.18. The maximum Gasteiger partial charge on any atom is 0.276 e. The van der Waals surface area contributed by atoms with Gasteiger partial charge in [0, 0.05) is 39.0 Å². The van der Waals surface area contributed by atoms with Crippen LogP contribution >= 0.6 is 0 Å². The standard InChI is InChI=1S/C18H21N3O3/c1-3-15-11-16(19-24-15)18(23)21-10-9-20(13(2)22)12-17(21)14-7-5-4-6-8-14/h4-8,11,17H,3,9-10,12H2,1-2H3/t17-/m0/s1. The first kappa shape index (κ1) is 16.2. The predicted molar refractivity (Wildman–Crippen MR) is 88.4 cm³/mol.